The highest BCUT2D eigenvalue weighted by Crippen LogP contribution is 2.18. The molecule has 2 heterocycles. The highest BCUT2D eigenvalue weighted by Gasteiger charge is 2.29. The van der Waals surface area contributed by atoms with Crippen molar-refractivity contribution in [3.63, 3.8) is 0 Å². The van der Waals surface area contributed by atoms with Crippen LogP contribution in [0.5, 0.6) is 0 Å². The molecular weight excluding hydrogens is 374 g/mol. The van der Waals surface area contributed by atoms with E-state index in [1.165, 1.54) is 44.5 Å². The molecule has 1 unspecified atom stereocenters. The van der Waals surface area contributed by atoms with E-state index >= 15 is 0 Å². The van der Waals surface area contributed by atoms with Crippen LogP contribution in [0.15, 0.2) is 35.3 Å². The van der Waals surface area contributed by atoms with Gasteiger partial charge in [-0.3, -0.25) is 9.79 Å². The van der Waals surface area contributed by atoms with Gasteiger partial charge in [0.05, 0.1) is 0 Å². The monoisotopic (exact) mass is 413 g/mol. The second-order valence-electron chi connectivity index (χ2n) is 8.55. The number of carbonyl (C=O) groups excluding carboxylic acids is 1. The Morgan fingerprint density at radius 2 is 1.90 bits per heavy atom. The van der Waals surface area contributed by atoms with E-state index in [4.69, 9.17) is 4.99 Å². The predicted octanol–water partition coefficient (Wildman–Crippen LogP) is 2.51. The number of unbranched alkanes of at least 4 members (excludes halogenated alkanes) is 1. The van der Waals surface area contributed by atoms with Crippen molar-refractivity contribution in [2.75, 3.05) is 52.4 Å². The molecule has 1 atom stereocenters. The SMILES string of the molecule is CCNC(=NCC1CC(=O)N(CCc2ccccc2)C1)NCCCCN1CCCC1. The minimum Gasteiger partial charge on any atom is -0.357 e. The first kappa shape index (κ1) is 22.6. The average molecular weight is 414 g/mol. The van der Waals surface area contributed by atoms with Crippen LogP contribution in [0.4, 0.5) is 0 Å². The Hall–Kier alpha value is -2.08. The highest BCUT2D eigenvalue weighted by molar-refractivity contribution is 5.80. The summed E-state index contributed by atoms with van der Waals surface area (Å²) in [4.78, 5) is 21.7. The van der Waals surface area contributed by atoms with Crippen molar-refractivity contribution in [2.24, 2.45) is 10.9 Å². The number of nitrogens with zero attached hydrogens (tertiary/aromatic N) is 3. The number of guanidine groups is 1. The number of rotatable bonds is 11. The summed E-state index contributed by atoms with van der Waals surface area (Å²) in [7, 11) is 0. The van der Waals surface area contributed by atoms with Crippen molar-refractivity contribution in [3.8, 4) is 0 Å². The number of hydrogen-bond donors (Lipinski definition) is 2. The second kappa shape index (κ2) is 12.6. The molecule has 2 aliphatic heterocycles. The quantitative estimate of drug-likeness (QED) is 0.332. The summed E-state index contributed by atoms with van der Waals surface area (Å²) in [5, 5.41) is 6.80. The summed E-state index contributed by atoms with van der Waals surface area (Å²) in [5.74, 6) is 1.47. The van der Waals surface area contributed by atoms with Gasteiger partial charge in [-0.2, -0.15) is 0 Å². The fourth-order valence-electron chi connectivity index (χ4n) is 4.34. The number of benzene rings is 1. The first-order valence-corrected chi connectivity index (χ1v) is 11.8. The molecule has 3 rings (SSSR count). The summed E-state index contributed by atoms with van der Waals surface area (Å²) in [6.07, 6.45) is 6.67. The lowest BCUT2D eigenvalue weighted by Gasteiger charge is -2.17. The molecule has 2 aliphatic rings. The number of aliphatic imine (C=N–C) groups is 1. The van der Waals surface area contributed by atoms with Gasteiger partial charge in [0, 0.05) is 45.1 Å². The largest absolute Gasteiger partial charge is 0.357 e. The third-order valence-corrected chi connectivity index (χ3v) is 6.05. The van der Waals surface area contributed by atoms with E-state index in [1.54, 1.807) is 0 Å². The van der Waals surface area contributed by atoms with E-state index < -0.39 is 0 Å². The second-order valence-corrected chi connectivity index (χ2v) is 8.55. The third kappa shape index (κ3) is 7.63. The smallest absolute Gasteiger partial charge is 0.223 e. The van der Waals surface area contributed by atoms with Gasteiger partial charge in [0.1, 0.15) is 0 Å². The molecule has 0 aromatic heterocycles. The summed E-state index contributed by atoms with van der Waals surface area (Å²) in [6.45, 7) is 10.0. The Bertz CT molecular complexity index is 657. The van der Waals surface area contributed by atoms with Gasteiger partial charge >= 0.3 is 0 Å². The van der Waals surface area contributed by atoms with E-state index in [0.29, 0.717) is 18.9 Å². The Morgan fingerprint density at radius 3 is 2.67 bits per heavy atom. The summed E-state index contributed by atoms with van der Waals surface area (Å²) >= 11 is 0. The van der Waals surface area contributed by atoms with Gasteiger partial charge < -0.3 is 20.4 Å². The van der Waals surface area contributed by atoms with Gasteiger partial charge in [0.25, 0.3) is 0 Å². The molecule has 0 spiro atoms. The van der Waals surface area contributed by atoms with Gasteiger partial charge in [0.15, 0.2) is 5.96 Å². The van der Waals surface area contributed by atoms with Gasteiger partial charge in [-0.25, -0.2) is 0 Å². The van der Waals surface area contributed by atoms with Gasteiger partial charge in [-0.05, 0) is 64.2 Å². The molecule has 2 N–H and O–H groups in total. The lowest BCUT2D eigenvalue weighted by molar-refractivity contribution is -0.127. The molecule has 0 bridgehead atoms. The van der Waals surface area contributed by atoms with E-state index in [1.807, 2.05) is 11.0 Å². The lowest BCUT2D eigenvalue weighted by atomic mass is 10.1. The molecule has 6 nitrogen and oxygen atoms in total. The summed E-state index contributed by atoms with van der Waals surface area (Å²) in [6, 6.07) is 10.4. The molecule has 1 aromatic carbocycles. The Labute approximate surface area is 182 Å². The van der Waals surface area contributed by atoms with E-state index in [9.17, 15) is 4.79 Å². The summed E-state index contributed by atoms with van der Waals surface area (Å²) in [5.41, 5.74) is 1.29. The zero-order valence-electron chi connectivity index (χ0n) is 18.6. The minimum absolute atomic E-state index is 0.269. The van der Waals surface area contributed by atoms with Gasteiger partial charge in [-0.15, -0.1) is 0 Å². The number of nitrogens with one attached hydrogen (secondary N) is 2. The Morgan fingerprint density at radius 1 is 1.10 bits per heavy atom. The number of amides is 1. The molecule has 2 fully saturated rings. The molecule has 1 aromatic rings. The van der Waals surface area contributed by atoms with Crippen molar-refractivity contribution < 1.29 is 4.79 Å². The van der Waals surface area contributed by atoms with Crippen LogP contribution in [-0.2, 0) is 11.2 Å². The topological polar surface area (TPSA) is 60.0 Å². The number of likely N-dealkylation sites (tertiary alicyclic amines) is 2. The Balaban J connectivity index is 1.35. The molecule has 166 valence electrons. The predicted molar refractivity (Wildman–Crippen MR) is 124 cm³/mol. The normalized spacial score (nSPS) is 20.2. The van der Waals surface area contributed by atoms with Crippen molar-refractivity contribution in [1.29, 1.82) is 0 Å². The maximum absolute atomic E-state index is 12.4. The molecular formula is C24H39N5O. The van der Waals surface area contributed by atoms with Gasteiger partial charge in [-0.1, -0.05) is 30.3 Å². The molecule has 1 amide bonds. The van der Waals surface area contributed by atoms with E-state index in [2.05, 4.69) is 46.7 Å². The molecule has 6 heteroatoms. The van der Waals surface area contributed by atoms with Crippen LogP contribution in [0.25, 0.3) is 0 Å². The zero-order valence-corrected chi connectivity index (χ0v) is 18.6. The minimum atomic E-state index is 0.269. The molecule has 2 saturated heterocycles. The fraction of sp³-hybridized carbons (Fsp3) is 0.667. The average Bonchev–Trinajstić information content (AvgIpc) is 3.40. The van der Waals surface area contributed by atoms with Crippen LogP contribution >= 0.6 is 0 Å². The third-order valence-electron chi connectivity index (χ3n) is 6.05. The van der Waals surface area contributed by atoms with Crippen LogP contribution in [0.2, 0.25) is 0 Å². The van der Waals surface area contributed by atoms with Crippen molar-refractivity contribution in [1.82, 2.24) is 20.4 Å². The van der Waals surface area contributed by atoms with E-state index in [-0.39, 0.29) is 5.91 Å². The molecule has 0 radical (unpaired) electrons. The fourth-order valence-corrected chi connectivity index (χ4v) is 4.34. The van der Waals surface area contributed by atoms with E-state index in [0.717, 1.165) is 45.0 Å². The van der Waals surface area contributed by atoms with Crippen LogP contribution < -0.4 is 10.6 Å². The molecule has 0 saturated carbocycles. The molecule has 30 heavy (non-hydrogen) atoms. The first-order valence-electron chi connectivity index (χ1n) is 11.8. The van der Waals surface area contributed by atoms with Crippen molar-refractivity contribution in [3.05, 3.63) is 35.9 Å². The molecule has 0 aliphatic carbocycles. The lowest BCUT2D eigenvalue weighted by Crippen LogP contribution is -2.38. The highest BCUT2D eigenvalue weighted by atomic mass is 16.2. The van der Waals surface area contributed by atoms with Crippen molar-refractivity contribution >= 4 is 11.9 Å². The first-order chi connectivity index (χ1) is 14.7. The van der Waals surface area contributed by atoms with Crippen LogP contribution in [0.1, 0.15) is 44.6 Å². The van der Waals surface area contributed by atoms with Crippen LogP contribution in [-0.4, -0.2) is 74.0 Å². The van der Waals surface area contributed by atoms with Gasteiger partial charge in [0.2, 0.25) is 5.91 Å². The zero-order chi connectivity index (χ0) is 21.0. The number of carbonyl (C=O) groups is 1. The van der Waals surface area contributed by atoms with Crippen LogP contribution in [0.3, 0.4) is 0 Å². The summed E-state index contributed by atoms with van der Waals surface area (Å²) < 4.78 is 0. The maximum Gasteiger partial charge on any atom is 0.223 e. The van der Waals surface area contributed by atoms with Crippen LogP contribution in [0, 0.1) is 5.92 Å². The van der Waals surface area contributed by atoms with Crippen molar-refractivity contribution in [2.45, 2.75) is 45.4 Å². The standard InChI is InChI=1S/C24H39N5O/c1-2-25-24(26-13-6-7-14-28-15-8-9-16-28)27-19-22-18-23(30)29(20-22)17-12-21-10-4-3-5-11-21/h3-5,10-11,22H,2,6-9,12-20H2,1H3,(H2,25,26,27). The number of hydrogen-bond acceptors (Lipinski definition) is 3. The Kier molecular flexibility index (Phi) is 9.48. The maximum atomic E-state index is 12.4.